The first-order valence-electron chi connectivity index (χ1n) is 9.07. The van der Waals surface area contributed by atoms with Crippen LogP contribution in [0.2, 0.25) is 0 Å². The number of rotatable bonds is 5. The van der Waals surface area contributed by atoms with Crippen molar-refractivity contribution < 1.29 is 47.6 Å². The van der Waals surface area contributed by atoms with Crippen LogP contribution in [0, 0.1) is 0 Å². The number of nitrogens with zero attached hydrogens (tertiary/aromatic N) is 1. The molecule has 0 bridgehead atoms. The fourth-order valence-electron chi connectivity index (χ4n) is 3.71. The molecule has 2 aromatic rings. The van der Waals surface area contributed by atoms with Gasteiger partial charge in [0.1, 0.15) is 18.5 Å². The van der Waals surface area contributed by atoms with Crippen molar-refractivity contribution in [3.8, 4) is 11.5 Å². The fraction of sp³-hybridized carbons (Fsp3) is 0.304. The normalized spacial score (nSPS) is 14.4. The number of carbonyl (C=O) groups is 1. The van der Waals surface area contributed by atoms with Gasteiger partial charge in [-0.2, -0.15) is 4.58 Å². The zero-order chi connectivity index (χ0) is 20.5. The Morgan fingerprint density at radius 3 is 2.34 bits per heavy atom. The second kappa shape index (κ2) is 8.98. The summed E-state index contributed by atoms with van der Waals surface area (Å²) in [6, 6.07) is 11.4. The topological polar surface area (TPSA) is 47.8 Å². The number of methoxy groups -OCH3 is 3. The monoisotopic (exact) mass is 507 g/mol. The van der Waals surface area contributed by atoms with Crippen LogP contribution in [0.4, 0.5) is 5.69 Å². The maximum absolute atomic E-state index is 11.9. The molecule has 6 heteroatoms. The number of fused-ring (bicyclic) bond motifs is 1. The summed E-state index contributed by atoms with van der Waals surface area (Å²) >= 11 is 0. The van der Waals surface area contributed by atoms with E-state index < -0.39 is 0 Å². The lowest BCUT2D eigenvalue weighted by molar-refractivity contribution is -0.401. The van der Waals surface area contributed by atoms with Gasteiger partial charge in [-0.3, -0.25) is 0 Å². The highest BCUT2D eigenvalue weighted by atomic mass is 127. The van der Waals surface area contributed by atoms with Crippen LogP contribution in [0.15, 0.2) is 42.5 Å². The molecule has 0 unspecified atom stereocenters. The van der Waals surface area contributed by atoms with Gasteiger partial charge in [-0.1, -0.05) is 0 Å². The summed E-state index contributed by atoms with van der Waals surface area (Å²) < 4.78 is 17.8. The van der Waals surface area contributed by atoms with Gasteiger partial charge >= 0.3 is 5.97 Å². The molecule has 0 aliphatic carbocycles. The molecule has 1 aliphatic rings. The van der Waals surface area contributed by atoms with Crippen LogP contribution in [0.3, 0.4) is 0 Å². The number of hydrogen-bond donors (Lipinski definition) is 0. The van der Waals surface area contributed by atoms with Gasteiger partial charge in [-0.15, -0.1) is 0 Å². The minimum atomic E-state index is -0.326. The SMILES string of the molecule is COC(=O)c1ccc2c(c1)C(C)(C)C(C=Cc1ccc(OC)cc1OC)=[N+]2C.[I-]. The minimum absolute atomic E-state index is 0. The first-order chi connectivity index (χ1) is 13.3. The van der Waals surface area contributed by atoms with Gasteiger partial charge in [0.15, 0.2) is 5.71 Å². The van der Waals surface area contributed by atoms with Gasteiger partial charge in [0.2, 0.25) is 5.69 Å². The van der Waals surface area contributed by atoms with Crippen molar-refractivity contribution in [1.82, 2.24) is 0 Å². The fourth-order valence-corrected chi connectivity index (χ4v) is 3.71. The highest BCUT2D eigenvalue weighted by molar-refractivity contribution is 6.06. The van der Waals surface area contributed by atoms with Gasteiger partial charge < -0.3 is 38.2 Å². The second-order valence-electron chi connectivity index (χ2n) is 7.23. The largest absolute Gasteiger partial charge is 1.00 e. The highest BCUT2D eigenvalue weighted by Gasteiger charge is 2.43. The predicted molar refractivity (Wildman–Crippen MR) is 110 cm³/mol. The Hall–Kier alpha value is -2.35. The van der Waals surface area contributed by atoms with Crippen molar-refractivity contribution in [3.05, 3.63) is 59.2 Å². The van der Waals surface area contributed by atoms with Gasteiger partial charge in [0.25, 0.3) is 0 Å². The standard InChI is InChI=1S/C23H26NO4.HI/c1-23(2)18-13-16(22(25)28-6)8-11-19(18)24(3)21(23)12-9-15-7-10-17(26-4)14-20(15)27-5;/h7-14H,1-6H3;1H/q+1;/p-1. The number of ether oxygens (including phenoxy) is 3. The van der Waals surface area contributed by atoms with Gasteiger partial charge in [-0.05, 0) is 44.2 Å². The van der Waals surface area contributed by atoms with Crippen LogP contribution in [0.25, 0.3) is 6.08 Å². The van der Waals surface area contributed by atoms with Crippen LogP contribution >= 0.6 is 0 Å². The molecule has 3 rings (SSSR count). The van der Waals surface area contributed by atoms with Crippen molar-refractivity contribution in [2.24, 2.45) is 0 Å². The first kappa shape index (κ1) is 22.9. The van der Waals surface area contributed by atoms with Crippen LogP contribution in [0.1, 0.15) is 35.3 Å². The Morgan fingerprint density at radius 1 is 1.00 bits per heavy atom. The van der Waals surface area contributed by atoms with Crippen LogP contribution < -0.4 is 33.5 Å². The van der Waals surface area contributed by atoms with E-state index in [0.717, 1.165) is 34.0 Å². The molecule has 0 radical (unpaired) electrons. The lowest BCUT2D eigenvalue weighted by Gasteiger charge is -2.16. The molecule has 1 aliphatic heterocycles. The van der Waals surface area contributed by atoms with E-state index in [9.17, 15) is 4.79 Å². The van der Waals surface area contributed by atoms with Crippen LogP contribution in [-0.4, -0.2) is 44.6 Å². The summed E-state index contributed by atoms with van der Waals surface area (Å²) in [4.78, 5) is 11.9. The molecule has 5 nitrogen and oxygen atoms in total. The number of benzene rings is 2. The number of carbonyl (C=O) groups excluding carboxylic acids is 1. The summed E-state index contributed by atoms with van der Waals surface area (Å²) in [5.74, 6) is 1.18. The highest BCUT2D eigenvalue weighted by Crippen LogP contribution is 2.40. The Morgan fingerprint density at radius 2 is 1.72 bits per heavy atom. The quantitative estimate of drug-likeness (QED) is 0.347. The van der Waals surface area contributed by atoms with E-state index >= 15 is 0 Å². The lowest BCUT2D eigenvalue weighted by Crippen LogP contribution is -3.00. The maximum atomic E-state index is 11.9. The summed E-state index contributed by atoms with van der Waals surface area (Å²) in [5, 5.41) is 0. The molecular formula is C23H26INO4. The number of halogens is 1. The molecule has 0 amide bonds. The molecule has 0 atom stereocenters. The van der Waals surface area contributed by atoms with E-state index in [4.69, 9.17) is 14.2 Å². The lowest BCUT2D eigenvalue weighted by atomic mass is 9.80. The number of esters is 1. The molecule has 0 spiro atoms. The third-order valence-corrected chi connectivity index (χ3v) is 5.32. The molecule has 0 saturated carbocycles. The van der Waals surface area contributed by atoms with E-state index in [1.54, 1.807) is 20.3 Å². The molecule has 154 valence electrons. The van der Waals surface area contributed by atoms with Crippen molar-refractivity contribution in [2.75, 3.05) is 28.4 Å². The van der Waals surface area contributed by atoms with Gasteiger partial charge in [0.05, 0.1) is 32.3 Å². The van der Waals surface area contributed by atoms with E-state index in [0.29, 0.717) is 5.56 Å². The maximum Gasteiger partial charge on any atom is 0.337 e. The summed E-state index contributed by atoms with van der Waals surface area (Å²) in [5.41, 5.74) is 4.57. The Kier molecular flexibility index (Phi) is 7.11. The summed E-state index contributed by atoms with van der Waals surface area (Å²) in [6.45, 7) is 4.31. The Balaban J connectivity index is 0.00000300. The van der Waals surface area contributed by atoms with Crippen molar-refractivity contribution >= 4 is 23.4 Å². The van der Waals surface area contributed by atoms with E-state index in [1.165, 1.54) is 7.11 Å². The van der Waals surface area contributed by atoms with Crippen LogP contribution in [0.5, 0.6) is 11.5 Å². The average Bonchev–Trinajstić information content (AvgIpc) is 2.90. The van der Waals surface area contributed by atoms with E-state index in [-0.39, 0.29) is 35.4 Å². The second-order valence-corrected chi connectivity index (χ2v) is 7.23. The smallest absolute Gasteiger partial charge is 0.337 e. The molecule has 1 heterocycles. The van der Waals surface area contributed by atoms with Gasteiger partial charge in [-0.25, -0.2) is 4.79 Å². The zero-order valence-corrected chi connectivity index (χ0v) is 19.7. The van der Waals surface area contributed by atoms with Crippen molar-refractivity contribution in [2.45, 2.75) is 19.3 Å². The van der Waals surface area contributed by atoms with Crippen molar-refractivity contribution in [3.63, 3.8) is 0 Å². The van der Waals surface area contributed by atoms with Gasteiger partial charge in [0, 0.05) is 29.3 Å². The average molecular weight is 507 g/mol. The van der Waals surface area contributed by atoms with E-state index in [2.05, 4.69) is 24.5 Å². The summed E-state index contributed by atoms with van der Waals surface area (Å²) in [7, 11) is 6.72. The Bertz CT molecular complexity index is 992. The molecule has 0 N–H and O–H groups in total. The van der Waals surface area contributed by atoms with E-state index in [1.807, 2.05) is 43.5 Å². The molecule has 0 saturated heterocycles. The van der Waals surface area contributed by atoms with Crippen molar-refractivity contribution in [1.29, 1.82) is 0 Å². The van der Waals surface area contributed by atoms with Crippen LogP contribution in [-0.2, 0) is 10.2 Å². The predicted octanol–water partition coefficient (Wildman–Crippen LogP) is 1.21. The number of allylic oxidation sites excluding steroid dienone is 1. The first-order valence-corrected chi connectivity index (χ1v) is 9.07. The number of hydrogen-bond acceptors (Lipinski definition) is 4. The molecule has 0 aromatic heterocycles. The Labute approximate surface area is 189 Å². The third-order valence-electron chi connectivity index (χ3n) is 5.32. The molecule has 2 aromatic carbocycles. The summed E-state index contributed by atoms with van der Waals surface area (Å²) in [6.07, 6.45) is 4.14. The molecule has 29 heavy (non-hydrogen) atoms. The molecular weight excluding hydrogens is 481 g/mol. The minimum Gasteiger partial charge on any atom is -1.00 e. The molecule has 0 fully saturated rings. The zero-order valence-electron chi connectivity index (χ0n) is 17.6. The third kappa shape index (κ3) is 4.17.